The number of ether oxygens (including phenoxy) is 1. The highest BCUT2D eigenvalue weighted by atomic mass is 16.5. The molecule has 0 amide bonds. The number of aliphatic carboxylic acids is 1. The van der Waals surface area contributed by atoms with Crippen molar-refractivity contribution in [2.45, 2.75) is 20.5 Å². The Bertz CT molecular complexity index is 448. The van der Waals surface area contributed by atoms with Gasteiger partial charge in [0, 0.05) is 11.1 Å². The molecule has 0 saturated carbocycles. The number of carboxylic acid groups (broad SMARTS) is 1. The quantitative estimate of drug-likeness (QED) is 0.669. The number of carboxylic acids is 1. The van der Waals surface area contributed by atoms with Crippen LogP contribution in [0, 0.1) is 0 Å². The van der Waals surface area contributed by atoms with E-state index in [0.29, 0.717) is 12.2 Å². The fourth-order valence-corrected chi connectivity index (χ4v) is 0.846. The second-order valence-electron chi connectivity index (χ2n) is 3.93. The van der Waals surface area contributed by atoms with Crippen LogP contribution in [0.25, 0.3) is 0 Å². The van der Waals surface area contributed by atoms with Gasteiger partial charge in [0.25, 0.3) is 0 Å². The van der Waals surface area contributed by atoms with E-state index in [-0.39, 0.29) is 11.5 Å². The van der Waals surface area contributed by atoms with Gasteiger partial charge in [-0.3, -0.25) is 0 Å². The van der Waals surface area contributed by atoms with E-state index in [1.165, 1.54) is 6.92 Å². The Kier molecular flexibility index (Phi) is 7.61. The second kappa shape index (κ2) is 8.69. The van der Waals surface area contributed by atoms with Gasteiger partial charge in [0.15, 0.2) is 0 Å². The molecule has 0 radical (unpaired) electrons. The summed E-state index contributed by atoms with van der Waals surface area (Å²) in [6.45, 7) is 10.0. The monoisotopic (exact) mass is 262 g/mol. The summed E-state index contributed by atoms with van der Waals surface area (Å²) >= 11 is 0. The second-order valence-corrected chi connectivity index (χ2v) is 3.93. The van der Waals surface area contributed by atoms with Gasteiger partial charge >= 0.3 is 11.9 Å². The summed E-state index contributed by atoms with van der Waals surface area (Å²) in [6, 6.07) is 9.55. The molecule has 1 aromatic rings. The van der Waals surface area contributed by atoms with Crippen LogP contribution in [0.3, 0.4) is 0 Å². The topological polar surface area (TPSA) is 63.6 Å². The van der Waals surface area contributed by atoms with Crippen molar-refractivity contribution in [3.63, 3.8) is 0 Å². The Hall–Kier alpha value is -2.36. The Morgan fingerprint density at radius 1 is 1.11 bits per heavy atom. The highest BCUT2D eigenvalue weighted by Gasteiger charge is 2.02. The van der Waals surface area contributed by atoms with Gasteiger partial charge in [-0.05, 0) is 19.4 Å². The SMILES string of the molecule is C=C(C)C(=O)O.C=C(C)C(=O)OCc1ccccc1. The highest BCUT2D eigenvalue weighted by molar-refractivity contribution is 5.86. The van der Waals surface area contributed by atoms with Crippen LogP contribution in [0.4, 0.5) is 0 Å². The Morgan fingerprint density at radius 3 is 1.95 bits per heavy atom. The lowest BCUT2D eigenvalue weighted by molar-refractivity contribution is -0.140. The normalized spacial score (nSPS) is 8.74. The predicted molar refractivity (Wildman–Crippen MR) is 73.5 cm³/mol. The number of carbonyl (C=O) groups is 2. The fourth-order valence-electron chi connectivity index (χ4n) is 0.846. The van der Waals surface area contributed by atoms with E-state index >= 15 is 0 Å². The maximum Gasteiger partial charge on any atom is 0.333 e. The maximum absolute atomic E-state index is 11.0. The smallest absolute Gasteiger partial charge is 0.333 e. The molecule has 0 aliphatic carbocycles. The zero-order chi connectivity index (χ0) is 14.8. The van der Waals surface area contributed by atoms with Crippen LogP contribution in [0.15, 0.2) is 54.6 Å². The summed E-state index contributed by atoms with van der Waals surface area (Å²) in [4.78, 5) is 20.6. The molecule has 1 aromatic carbocycles. The van der Waals surface area contributed by atoms with Crippen molar-refractivity contribution >= 4 is 11.9 Å². The molecule has 0 saturated heterocycles. The zero-order valence-corrected chi connectivity index (χ0v) is 11.2. The van der Waals surface area contributed by atoms with Gasteiger partial charge < -0.3 is 9.84 Å². The molecule has 0 aromatic heterocycles. The third-order valence-electron chi connectivity index (χ3n) is 1.93. The first-order chi connectivity index (χ1) is 8.84. The molecular formula is C15H18O4. The third-order valence-corrected chi connectivity index (χ3v) is 1.93. The number of benzene rings is 1. The predicted octanol–water partition coefficient (Wildman–Crippen LogP) is 2.95. The molecule has 0 bridgehead atoms. The number of esters is 1. The molecule has 0 heterocycles. The van der Waals surface area contributed by atoms with Crippen molar-refractivity contribution in [2.24, 2.45) is 0 Å². The van der Waals surface area contributed by atoms with Crippen LogP contribution in [0.1, 0.15) is 19.4 Å². The first-order valence-corrected chi connectivity index (χ1v) is 5.60. The van der Waals surface area contributed by atoms with Crippen molar-refractivity contribution in [2.75, 3.05) is 0 Å². The summed E-state index contributed by atoms with van der Waals surface area (Å²) < 4.78 is 4.95. The zero-order valence-electron chi connectivity index (χ0n) is 11.2. The van der Waals surface area contributed by atoms with E-state index in [1.807, 2.05) is 30.3 Å². The van der Waals surface area contributed by atoms with Crippen LogP contribution in [-0.4, -0.2) is 17.0 Å². The van der Waals surface area contributed by atoms with Crippen LogP contribution in [0.2, 0.25) is 0 Å². The van der Waals surface area contributed by atoms with Gasteiger partial charge in [-0.25, -0.2) is 9.59 Å². The van der Waals surface area contributed by atoms with E-state index < -0.39 is 5.97 Å². The van der Waals surface area contributed by atoms with E-state index in [4.69, 9.17) is 9.84 Å². The van der Waals surface area contributed by atoms with Crippen LogP contribution >= 0.6 is 0 Å². The highest BCUT2D eigenvalue weighted by Crippen LogP contribution is 2.02. The summed E-state index contributed by atoms with van der Waals surface area (Å²) in [5.74, 6) is -1.28. The van der Waals surface area contributed by atoms with Crippen molar-refractivity contribution in [1.82, 2.24) is 0 Å². The van der Waals surface area contributed by atoms with Crippen LogP contribution in [0.5, 0.6) is 0 Å². The minimum Gasteiger partial charge on any atom is -0.478 e. The van der Waals surface area contributed by atoms with Crippen molar-refractivity contribution in [3.8, 4) is 0 Å². The van der Waals surface area contributed by atoms with Crippen LogP contribution in [-0.2, 0) is 20.9 Å². The van der Waals surface area contributed by atoms with Gasteiger partial charge in [-0.15, -0.1) is 0 Å². The lowest BCUT2D eigenvalue weighted by Gasteiger charge is -2.03. The molecule has 19 heavy (non-hydrogen) atoms. The molecule has 0 fully saturated rings. The van der Waals surface area contributed by atoms with Crippen molar-refractivity contribution in [1.29, 1.82) is 0 Å². The van der Waals surface area contributed by atoms with E-state index in [0.717, 1.165) is 5.56 Å². The first kappa shape index (κ1) is 16.6. The minimum atomic E-state index is -0.935. The van der Waals surface area contributed by atoms with E-state index in [2.05, 4.69) is 13.2 Å². The Balaban J connectivity index is 0.000000459. The Morgan fingerprint density at radius 2 is 1.58 bits per heavy atom. The molecule has 0 atom stereocenters. The van der Waals surface area contributed by atoms with Crippen molar-refractivity contribution < 1.29 is 19.4 Å². The lowest BCUT2D eigenvalue weighted by Crippen LogP contribution is -2.04. The summed E-state index contributed by atoms with van der Waals surface area (Å²) in [5, 5.41) is 7.89. The maximum atomic E-state index is 11.0. The van der Waals surface area contributed by atoms with Gasteiger partial charge in [0.2, 0.25) is 0 Å². The summed E-state index contributed by atoms with van der Waals surface area (Å²) in [5.41, 5.74) is 1.59. The van der Waals surface area contributed by atoms with Gasteiger partial charge in [0.05, 0.1) is 0 Å². The number of hydrogen-bond acceptors (Lipinski definition) is 3. The Labute approximate surface area is 113 Å². The fraction of sp³-hybridized carbons (Fsp3) is 0.200. The molecule has 0 spiro atoms. The molecule has 4 heteroatoms. The summed E-state index contributed by atoms with van der Waals surface area (Å²) in [7, 11) is 0. The largest absolute Gasteiger partial charge is 0.478 e. The van der Waals surface area contributed by atoms with Crippen LogP contribution < -0.4 is 0 Å². The van der Waals surface area contributed by atoms with E-state index in [9.17, 15) is 9.59 Å². The first-order valence-electron chi connectivity index (χ1n) is 5.60. The number of carbonyl (C=O) groups excluding carboxylic acids is 1. The van der Waals surface area contributed by atoms with E-state index in [1.54, 1.807) is 6.92 Å². The van der Waals surface area contributed by atoms with Gasteiger partial charge in [-0.2, -0.15) is 0 Å². The van der Waals surface area contributed by atoms with Gasteiger partial charge in [0.1, 0.15) is 6.61 Å². The molecule has 1 N–H and O–H groups in total. The molecule has 1 rings (SSSR count). The standard InChI is InChI=1S/C11H12O2.C4H6O2/c1-9(2)11(12)13-8-10-6-4-3-5-7-10;1-3(2)4(5)6/h3-7H,1,8H2,2H3;1H2,2H3,(H,5,6). The molecule has 0 aliphatic heterocycles. The average molecular weight is 262 g/mol. The molecule has 0 unspecified atom stereocenters. The molecule has 102 valence electrons. The average Bonchev–Trinajstić information content (AvgIpc) is 2.37. The lowest BCUT2D eigenvalue weighted by atomic mass is 10.2. The third kappa shape index (κ3) is 8.37. The molecule has 0 aliphatic rings. The molecular weight excluding hydrogens is 244 g/mol. The van der Waals surface area contributed by atoms with Crippen molar-refractivity contribution in [3.05, 3.63) is 60.2 Å². The number of rotatable bonds is 4. The molecule has 4 nitrogen and oxygen atoms in total. The number of hydrogen-bond donors (Lipinski definition) is 1. The van der Waals surface area contributed by atoms with Gasteiger partial charge in [-0.1, -0.05) is 43.5 Å². The summed E-state index contributed by atoms with van der Waals surface area (Å²) in [6.07, 6.45) is 0. The minimum absolute atomic E-state index is 0.176.